The molecule has 92 valence electrons. The summed E-state index contributed by atoms with van der Waals surface area (Å²) >= 11 is 2.65. The number of aryl methyl sites for hydroxylation is 2. The van der Waals surface area contributed by atoms with Gasteiger partial charge in [-0.05, 0) is 22.9 Å². The Hall–Kier alpha value is -1.31. The maximum absolute atomic E-state index is 12.6. The Morgan fingerprint density at radius 2 is 2.00 bits per heavy atom. The second-order valence-electron chi connectivity index (χ2n) is 3.56. The topological polar surface area (TPSA) is 39.3 Å². The molecular weight excluding hydrogens is 303 g/mol. The molecule has 2 rings (SSSR count). The van der Waals surface area contributed by atoms with Gasteiger partial charge in [0.1, 0.15) is 4.47 Å². The van der Waals surface area contributed by atoms with Crippen LogP contribution in [-0.2, 0) is 13.2 Å². The van der Waals surface area contributed by atoms with Crippen LogP contribution in [0.15, 0.2) is 15.3 Å². The number of alkyl halides is 3. The fraction of sp³-hybridized carbons (Fsp3) is 0.333. The molecule has 0 radical (unpaired) electrons. The van der Waals surface area contributed by atoms with Crippen LogP contribution in [0.1, 0.15) is 11.4 Å². The average Bonchev–Trinajstić information content (AvgIpc) is 2.47. The molecular formula is C9H7BrF3N3O. The molecule has 4 nitrogen and oxygen atoms in total. The fourth-order valence-electron chi connectivity index (χ4n) is 1.52. The highest BCUT2D eigenvalue weighted by Crippen LogP contribution is 2.31. The van der Waals surface area contributed by atoms with Crippen molar-refractivity contribution >= 4 is 21.6 Å². The second kappa shape index (κ2) is 3.59. The molecule has 0 aliphatic heterocycles. The van der Waals surface area contributed by atoms with E-state index in [-0.39, 0.29) is 5.65 Å². The van der Waals surface area contributed by atoms with Crippen LogP contribution in [0.3, 0.4) is 0 Å². The van der Waals surface area contributed by atoms with E-state index in [9.17, 15) is 18.0 Å². The van der Waals surface area contributed by atoms with E-state index < -0.39 is 21.9 Å². The first-order valence-corrected chi connectivity index (χ1v) is 5.35. The lowest BCUT2D eigenvalue weighted by atomic mass is 10.4. The number of aromatic nitrogens is 3. The number of fused-ring (bicyclic) bond motifs is 1. The number of rotatable bonds is 0. The van der Waals surface area contributed by atoms with Gasteiger partial charge in [0.15, 0.2) is 11.3 Å². The summed E-state index contributed by atoms with van der Waals surface area (Å²) in [5, 5.41) is 0. The molecule has 17 heavy (non-hydrogen) atoms. The zero-order chi connectivity index (χ0) is 13.0. The van der Waals surface area contributed by atoms with Crippen molar-refractivity contribution in [2.24, 2.45) is 7.05 Å². The van der Waals surface area contributed by atoms with Gasteiger partial charge in [0, 0.05) is 18.8 Å². The Bertz CT molecular complexity index is 656. The molecule has 0 fully saturated rings. The van der Waals surface area contributed by atoms with E-state index in [0.717, 1.165) is 4.52 Å². The summed E-state index contributed by atoms with van der Waals surface area (Å²) in [6.45, 7) is 1.68. The van der Waals surface area contributed by atoms with Crippen LogP contribution in [0.4, 0.5) is 13.2 Å². The van der Waals surface area contributed by atoms with Crippen molar-refractivity contribution in [3.05, 3.63) is 32.3 Å². The van der Waals surface area contributed by atoms with Crippen LogP contribution in [0.2, 0.25) is 0 Å². The Labute approximate surface area is 102 Å². The molecule has 0 amide bonds. The maximum atomic E-state index is 12.6. The Kier molecular flexibility index (Phi) is 2.57. The van der Waals surface area contributed by atoms with E-state index in [4.69, 9.17) is 0 Å². The van der Waals surface area contributed by atoms with Gasteiger partial charge < -0.3 is 0 Å². The van der Waals surface area contributed by atoms with E-state index in [1.807, 2.05) is 0 Å². The molecule has 0 spiro atoms. The number of halogens is 4. The first-order chi connectivity index (χ1) is 7.73. The summed E-state index contributed by atoms with van der Waals surface area (Å²) in [6.07, 6.45) is -4.66. The van der Waals surface area contributed by atoms with Crippen LogP contribution in [-0.4, -0.2) is 14.2 Å². The number of hydrogen-bond donors (Lipinski definition) is 0. The van der Waals surface area contributed by atoms with Crippen molar-refractivity contribution in [2.45, 2.75) is 13.1 Å². The van der Waals surface area contributed by atoms with Gasteiger partial charge in [-0.25, -0.2) is 4.98 Å². The summed E-state index contributed by atoms with van der Waals surface area (Å²) in [6, 6.07) is 1.42. The third kappa shape index (κ3) is 1.76. The second-order valence-corrected chi connectivity index (χ2v) is 4.35. The Morgan fingerprint density at radius 3 is 2.53 bits per heavy atom. The highest BCUT2D eigenvalue weighted by molar-refractivity contribution is 9.10. The number of nitrogens with zero attached hydrogens (tertiary/aromatic N) is 3. The Balaban J connectivity index is 2.95. The van der Waals surface area contributed by atoms with Gasteiger partial charge in [-0.1, -0.05) is 0 Å². The van der Waals surface area contributed by atoms with E-state index >= 15 is 0 Å². The molecule has 8 heteroatoms. The van der Waals surface area contributed by atoms with E-state index in [1.54, 1.807) is 14.0 Å². The molecule has 0 bridgehead atoms. The molecule has 0 N–H and O–H groups in total. The largest absolute Gasteiger partial charge is 0.434 e. The molecule has 0 saturated carbocycles. The van der Waals surface area contributed by atoms with Gasteiger partial charge in [-0.15, -0.1) is 0 Å². The molecule has 0 unspecified atom stereocenters. The molecule has 0 saturated heterocycles. The van der Waals surface area contributed by atoms with Crippen molar-refractivity contribution in [3.8, 4) is 0 Å². The minimum absolute atomic E-state index is 0.0227. The summed E-state index contributed by atoms with van der Waals surface area (Å²) in [5.41, 5.74) is -1.36. The lowest BCUT2D eigenvalue weighted by Crippen LogP contribution is -2.25. The first kappa shape index (κ1) is 12.2. The third-order valence-electron chi connectivity index (χ3n) is 2.45. The zero-order valence-electron chi connectivity index (χ0n) is 8.84. The summed E-state index contributed by atoms with van der Waals surface area (Å²) < 4.78 is 39.8. The average molecular weight is 310 g/mol. The smallest absolute Gasteiger partial charge is 0.284 e. The minimum atomic E-state index is -4.66. The summed E-state index contributed by atoms with van der Waals surface area (Å²) in [4.78, 5) is 15.2. The first-order valence-electron chi connectivity index (χ1n) is 4.55. The summed E-state index contributed by atoms with van der Waals surface area (Å²) in [7, 11) is 1.57. The van der Waals surface area contributed by atoms with Gasteiger partial charge in [0.05, 0.1) is 0 Å². The van der Waals surface area contributed by atoms with Crippen LogP contribution in [0.5, 0.6) is 0 Å². The molecule has 2 aromatic rings. The van der Waals surface area contributed by atoms with Crippen LogP contribution in [0, 0.1) is 6.92 Å². The molecule has 2 heterocycles. The molecule has 0 aromatic carbocycles. The van der Waals surface area contributed by atoms with Gasteiger partial charge >= 0.3 is 6.18 Å². The van der Waals surface area contributed by atoms with Gasteiger partial charge in [0.25, 0.3) is 5.56 Å². The zero-order valence-corrected chi connectivity index (χ0v) is 10.4. The van der Waals surface area contributed by atoms with E-state index in [2.05, 4.69) is 20.9 Å². The predicted octanol–water partition coefficient (Wildman–Crippen LogP) is 2.12. The van der Waals surface area contributed by atoms with Crippen LogP contribution < -0.4 is 5.56 Å². The van der Waals surface area contributed by atoms with E-state index in [0.29, 0.717) is 5.69 Å². The summed E-state index contributed by atoms with van der Waals surface area (Å²) in [5.74, 6) is 0. The van der Waals surface area contributed by atoms with Crippen LogP contribution in [0.25, 0.3) is 5.65 Å². The molecule has 0 atom stereocenters. The SMILES string of the molecule is Cc1cc2nc(C(F)(F)F)c(Br)c(=O)n2n1C. The number of hydrogen-bond acceptors (Lipinski definition) is 2. The lowest BCUT2D eigenvalue weighted by Gasteiger charge is -2.08. The predicted molar refractivity (Wildman–Crippen MR) is 57.9 cm³/mol. The molecule has 2 aromatic heterocycles. The quantitative estimate of drug-likeness (QED) is 0.748. The van der Waals surface area contributed by atoms with Crippen molar-refractivity contribution < 1.29 is 13.2 Å². The normalized spacial score (nSPS) is 12.4. The lowest BCUT2D eigenvalue weighted by molar-refractivity contribution is -0.141. The Morgan fingerprint density at radius 1 is 1.41 bits per heavy atom. The van der Waals surface area contributed by atoms with Gasteiger partial charge in [0.2, 0.25) is 0 Å². The standard InChI is InChI=1S/C9H7BrF3N3O/c1-4-3-5-14-7(9(11,12)13)6(10)8(17)16(5)15(4)2/h3H,1-2H3. The van der Waals surface area contributed by atoms with Crippen molar-refractivity contribution in [1.29, 1.82) is 0 Å². The van der Waals surface area contributed by atoms with Crippen LogP contribution >= 0.6 is 15.9 Å². The fourth-order valence-corrected chi connectivity index (χ4v) is 2.00. The van der Waals surface area contributed by atoms with Crippen molar-refractivity contribution in [2.75, 3.05) is 0 Å². The van der Waals surface area contributed by atoms with E-state index in [1.165, 1.54) is 10.7 Å². The van der Waals surface area contributed by atoms with Crippen molar-refractivity contribution in [1.82, 2.24) is 14.2 Å². The van der Waals surface area contributed by atoms with Crippen molar-refractivity contribution in [3.63, 3.8) is 0 Å². The highest BCUT2D eigenvalue weighted by atomic mass is 79.9. The minimum Gasteiger partial charge on any atom is -0.284 e. The molecule has 0 aliphatic rings. The molecule has 0 aliphatic carbocycles. The third-order valence-corrected chi connectivity index (χ3v) is 3.16. The maximum Gasteiger partial charge on any atom is 0.434 e. The highest BCUT2D eigenvalue weighted by Gasteiger charge is 2.37. The monoisotopic (exact) mass is 309 g/mol. The van der Waals surface area contributed by atoms with Gasteiger partial charge in [-0.2, -0.15) is 17.7 Å². The van der Waals surface area contributed by atoms with Gasteiger partial charge in [-0.3, -0.25) is 9.48 Å².